The Morgan fingerprint density at radius 2 is 1.94 bits per heavy atom. The summed E-state index contributed by atoms with van der Waals surface area (Å²) < 4.78 is 0. The molecule has 2 rings (SSSR count). The highest BCUT2D eigenvalue weighted by Gasteiger charge is 2.33. The van der Waals surface area contributed by atoms with Gasteiger partial charge >= 0.3 is 0 Å². The maximum atomic E-state index is 9.54. The van der Waals surface area contributed by atoms with Crippen LogP contribution in [0.25, 0.3) is 0 Å². The molecule has 2 N–H and O–H groups in total. The largest absolute Gasteiger partial charge is 0.394 e. The van der Waals surface area contributed by atoms with Gasteiger partial charge in [-0.25, -0.2) is 0 Å². The van der Waals surface area contributed by atoms with Crippen molar-refractivity contribution in [3.63, 3.8) is 0 Å². The summed E-state index contributed by atoms with van der Waals surface area (Å²) in [5, 5.41) is 13.2. The Morgan fingerprint density at radius 3 is 2.56 bits per heavy atom. The Kier molecular flexibility index (Phi) is 4.26. The lowest BCUT2D eigenvalue weighted by Gasteiger charge is -2.33. The zero-order valence-electron chi connectivity index (χ0n) is 10.7. The molecular weight excluding hydrogens is 198 g/mol. The van der Waals surface area contributed by atoms with Gasteiger partial charge in [0, 0.05) is 5.54 Å². The van der Waals surface area contributed by atoms with Crippen molar-refractivity contribution in [1.82, 2.24) is 5.32 Å². The van der Waals surface area contributed by atoms with E-state index in [0.29, 0.717) is 6.61 Å². The van der Waals surface area contributed by atoms with Crippen LogP contribution < -0.4 is 5.32 Å². The standard InChI is InChI=1S/C14H27NO/c1-12-5-4-6-13(9-12)10-15-14(11-16)7-2-3-8-14/h12-13,15-16H,2-11H2,1H3. The molecule has 2 aliphatic rings. The predicted octanol–water partition coefficient (Wildman–Crippen LogP) is 2.71. The normalized spacial score (nSPS) is 34.1. The van der Waals surface area contributed by atoms with Gasteiger partial charge in [0.05, 0.1) is 6.61 Å². The van der Waals surface area contributed by atoms with Gasteiger partial charge in [-0.05, 0) is 44.1 Å². The van der Waals surface area contributed by atoms with E-state index in [2.05, 4.69) is 12.2 Å². The van der Waals surface area contributed by atoms with Crippen LogP contribution in [0.4, 0.5) is 0 Å². The molecule has 2 unspecified atom stereocenters. The fourth-order valence-electron chi connectivity index (χ4n) is 3.55. The maximum Gasteiger partial charge on any atom is 0.0613 e. The van der Waals surface area contributed by atoms with E-state index in [1.165, 1.54) is 51.4 Å². The smallest absolute Gasteiger partial charge is 0.0613 e. The first-order valence-electron chi connectivity index (χ1n) is 7.10. The third-order valence-corrected chi connectivity index (χ3v) is 4.67. The fourth-order valence-corrected chi connectivity index (χ4v) is 3.55. The van der Waals surface area contributed by atoms with Gasteiger partial charge in [-0.1, -0.05) is 32.6 Å². The molecule has 0 heterocycles. The van der Waals surface area contributed by atoms with Gasteiger partial charge in [0.15, 0.2) is 0 Å². The SMILES string of the molecule is CC1CCCC(CNC2(CO)CCCC2)C1. The summed E-state index contributed by atoms with van der Waals surface area (Å²) in [5.41, 5.74) is 0.0840. The Bertz CT molecular complexity index is 211. The van der Waals surface area contributed by atoms with Gasteiger partial charge in [-0.2, -0.15) is 0 Å². The van der Waals surface area contributed by atoms with Crippen LogP contribution in [0.1, 0.15) is 58.3 Å². The summed E-state index contributed by atoms with van der Waals surface area (Å²) in [6.45, 7) is 3.84. The van der Waals surface area contributed by atoms with E-state index in [1.807, 2.05) is 0 Å². The van der Waals surface area contributed by atoms with Crippen LogP contribution in [0.5, 0.6) is 0 Å². The van der Waals surface area contributed by atoms with Crippen molar-refractivity contribution < 1.29 is 5.11 Å². The molecule has 2 heteroatoms. The second-order valence-electron chi connectivity index (χ2n) is 6.16. The van der Waals surface area contributed by atoms with Crippen molar-refractivity contribution in [1.29, 1.82) is 0 Å². The molecule has 0 saturated heterocycles. The number of nitrogens with one attached hydrogen (secondary N) is 1. The van der Waals surface area contributed by atoms with Crippen LogP contribution in [-0.2, 0) is 0 Å². The number of aliphatic hydroxyl groups excluding tert-OH is 1. The van der Waals surface area contributed by atoms with E-state index < -0.39 is 0 Å². The first-order valence-corrected chi connectivity index (χ1v) is 7.10. The summed E-state index contributed by atoms with van der Waals surface area (Å²) in [6.07, 6.45) is 10.5. The molecule has 2 atom stereocenters. The second-order valence-corrected chi connectivity index (χ2v) is 6.16. The molecule has 0 aromatic carbocycles. The molecule has 16 heavy (non-hydrogen) atoms. The zero-order chi connectivity index (χ0) is 11.4. The van der Waals surface area contributed by atoms with Gasteiger partial charge in [0.1, 0.15) is 0 Å². The Morgan fingerprint density at radius 1 is 1.19 bits per heavy atom. The Labute approximate surface area is 99.8 Å². The summed E-state index contributed by atoms with van der Waals surface area (Å²) >= 11 is 0. The van der Waals surface area contributed by atoms with Crippen LogP contribution in [0, 0.1) is 11.8 Å². The molecule has 94 valence electrons. The fraction of sp³-hybridized carbons (Fsp3) is 1.00. The summed E-state index contributed by atoms with van der Waals surface area (Å²) in [5.74, 6) is 1.77. The monoisotopic (exact) mass is 225 g/mol. The molecular formula is C14H27NO. The van der Waals surface area contributed by atoms with Crippen molar-refractivity contribution in [2.24, 2.45) is 11.8 Å². The minimum atomic E-state index is 0.0840. The third-order valence-electron chi connectivity index (χ3n) is 4.67. The highest BCUT2D eigenvalue weighted by Crippen LogP contribution is 2.32. The van der Waals surface area contributed by atoms with Crippen LogP contribution in [0.15, 0.2) is 0 Å². The number of hydrogen-bond donors (Lipinski definition) is 2. The average Bonchev–Trinajstić information content (AvgIpc) is 2.76. The van der Waals surface area contributed by atoms with Gasteiger partial charge in [0.25, 0.3) is 0 Å². The van der Waals surface area contributed by atoms with Gasteiger partial charge < -0.3 is 10.4 Å². The van der Waals surface area contributed by atoms with E-state index in [1.54, 1.807) is 0 Å². The van der Waals surface area contributed by atoms with Crippen LogP contribution >= 0.6 is 0 Å². The minimum absolute atomic E-state index is 0.0840. The van der Waals surface area contributed by atoms with Crippen molar-refractivity contribution in [3.8, 4) is 0 Å². The molecule has 0 amide bonds. The van der Waals surface area contributed by atoms with Crippen LogP contribution in [-0.4, -0.2) is 23.8 Å². The molecule has 0 radical (unpaired) electrons. The lowest BCUT2D eigenvalue weighted by Crippen LogP contribution is -2.48. The van der Waals surface area contributed by atoms with Gasteiger partial charge in [-0.3, -0.25) is 0 Å². The van der Waals surface area contributed by atoms with E-state index in [-0.39, 0.29) is 5.54 Å². The lowest BCUT2D eigenvalue weighted by atomic mass is 9.82. The molecule has 0 aromatic rings. The lowest BCUT2D eigenvalue weighted by molar-refractivity contribution is 0.150. The van der Waals surface area contributed by atoms with E-state index in [4.69, 9.17) is 0 Å². The predicted molar refractivity (Wildman–Crippen MR) is 67.4 cm³/mol. The van der Waals surface area contributed by atoms with Crippen LogP contribution in [0.2, 0.25) is 0 Å². The van der Waals surface area contributed by atoms with Crippen molar-refractivity contribution in [2.75, 3.05) is 13.2 Å². The molecule has 2 fully saturated rings. The van der Waals surface area contributed by atoms with Crippen molar-refractivity contribution in [2.45, 2.75) is 63.8 Å². The van der Waals surface area contributed by atoms with Gasteiger partial charge in [0.2, 0.25) is 0 Å². The number of aliphatic hydroxyl groups is 1. The Hall–Kier alpha value is -0.0800. The highest BCUT2D eigenvalue weighted by molar-refractivity contribution is 4.92. The van der Waals surface area contributed by atoms with Crippen LogP contribution in [0.3, 0.4) is 0 Å². The zero-order valence-corrected chi connectivity index (χ0v) is 10.7. The topological polar surface area (TPSA) is 32.3 Å². The van der Waals surface area contributed by atoms with Crippen molar-refractivity contribution >= 4 is 0 Å². The number of rotatable bonds is 4. The second kappa shape index (κ2) is 5.50. The van der Waals surface area contributed by atoms with E-state index in [9.17, 15) is 5.11 Å². The quantitative estimate of drug-likeness (QED) is 0.771. The molecule has 2 saturated carbocycles. The summed E-state index contributed by atoms with van der Waals surface area (Å²) in [4.78, 5) is 0. The third kappa shape index (κ3) is 2.98. The minimum Gasteiger partial charge on any atom is -0.394 e. The highest BCUT2D eigenvalue weighted by atomic mass is 16.3. The first kappa shape index (κ1) is 12.4. The van der Waals surface area contributed by atoms with E-state index in [0.717, 1.165) is 18.4 Å². The molecule has 0 aliphatic heterocycles. The Balaban J connectivity index is 1.77. The maximum absolute atomic E-state index is 9.54. The van der Waals surface area contributed by atoms with Gasteiger partial charge in [-0.15, -0.1) is 0 Å². The summed E-state index contributed by atoms with van der Waals surface area (Å²) in [6, 6.07) is 0. The summed E-state index contributed by atoms with van der Waals surface area (Å²) in [7, 11) is 0. The van der Waals surface area contributed by atoms with E-state index >= 15 is 0 Å². The first-order chi connectivity index (χ1) is 7.74. The molecule has 2 nitrogen and oxygen atoms in total. The molecule has 0 aromatic heterocycles. The number of hydrogen-bond acceptors (Lipinski definition) is 2. The molecule has 0 bridgehead atoms. The average molecular weight is 225 g/mol. The molecule has 2 aliphatic carbocycles. The molecule has 0 spiro atoms. The van der Waals surface area contributed by atoms with Crippen molar-refractivity contribution in [3.05, 3.63) is 0 Å².